The molecule has 1 aliphatic rings. The van der Waals surface area contributed by atoms with E-state index in [2.05, 4.69) is 15.2 Å². The Morgan fingerprint density at radius 2 is 2.13 bits per heavy atom. The third-order valence-corrected chi connectivity index (χ3v) is 6.28. The maximum atomic E-state index is 12.2. The van der Waals surface area contributed by atoms with Gasteiger partial charge >= 0.3 is 5.97 Å². The fourth-order valence-electron chi connectivity index (χ4n) is 3.10. The number of aromatic amines is 1. The van der Waals surface area contributed by atoms with Crippen LogP contribution in [0.15, 0.2) is 41.4 Å². The number of nitrogens with zero attached hydrogens (tertiary/aromatic N) is 1. The number of ether oxygens (including phenoxy) is 1. The molecule has 2 aromatic rings. The minimum atomic E-state index is -1.01. The highest BCUT2D eigenvalue weighted by Gasteiger charge is 2.21. The molecule has 31 heavy (non-hydrogen) atoms. The van der Waals surface area contributed by atoms with Crippen molar-refractivity contribution < 1.29 is 19.4 Å². The van der Waals surface area contributed by atoms with Crippen LogP contribution in [0.5, 0.6) is 0 Å². The SMILES string of the molecule is O=C(O)/C=C/c1ccc(SCC(=O)NCC2CN(Cc3ccc(Cl)c(Cl)c3)CCO2)[nH]1. The van der Waals surface area contributed by atoms with Gasteiger partial charge in [0.05, 0.1) is 33.5 Å². The molecule has 0 aliphatic carbocycles. The maximum Gasteiger partial charge on any atom is 0.328 e. The molecule has 0 spiro atoms. The summed E-state index contributed by atoms with van der Waals surface area (Å²) in [7, 11) is 0. The minimum Gasteiger partial charge on any atom is -0.478 e. The first kappa shape index (κ1) is 23.7. The van der Waals surface area contributed by atoms with Crippen LogP contribution in [0.3, 0.4) is 0 Å². The number of carbonyl (C=O) groups is 2. The summed E-state index contributed by atoms with van der Waals surface area (Å²) in [6, 6.07) is 9.20. The highest BCUT2D eigenvalue weighted by molar-refractivity contribution is 7.99. The van der Waals surface area contributed by atoms with Crippen LogP contribution in [-0.2, 0) is 20.9 Å². The molecule has 166 valence electrons. The van der Waals surface area contributed by atoms with Crippen molar-refractivity contribution in [2.45, 2.75) is 17.7 Å². The van der Waals surface area contributed by atoms with Gasteiger partial charge in [0, 0.05) is 37.9 Å². The molecule has 1 atom stereocenters. The molecular weight excluding hydrogens is 461 g/mol. The number of carbonyl (C=O) groups excluding carboxylic acids is 1. The maximum absolute atomic E-state index is 12.2. The Morgan fingerprint density at radius 3 is 2.90 bits per heavy atom. The van der Waals surface area contributed by atoms with Crippen LogP contribution >= 0.6 is 35.0 Å². The number of halogens is 2. The quantitative estimate of drug-likeness (QED) is 0.373. The van der Waals surface area contributed by atoms with Crippen LogP contribution < -0.4 is 5.32 Å². The molecule has 1 saturated heterocycles. The molecule has 1 aromatic carbocycles. The summed E-state index contributed by atoms with van der Waals surface area (Å²) in [5, 5.41) is 13.4. The van der Waals surface area contributed by atoms with Crippen molar-refractivity contribution in [1.29, 1.82) is 0 Å². The predicted molar refractivity (Wildman–Crippen MR) is 123 cm³/mol. The van der Waals surface area contributed by atoms with Gasteiger partial charge in [0.1, 0.15) is 0 Å². The molecule has 7 nitrogen and oxygen atoms in total. The molecule has 3 rings (SSSR count). The van der Waals surface area contributed by atoms with Crippen molar-refractivity contribution in [1.82, 2.24) is 15.2 Å². The number of hydrogen-bond acceptors (Lipinski definition) is 5. The van der Waals surface area contributed by atoms with Gasteiger partial charge in [-0.05, 0) is 35.9 Å². The molecule has 1 aromatic heterocycles. The van der Waals surface area contributed by atoms with Crippen LogP contribution in [-0.4, -0.2) is 65.0 Å². The summed E-state index contributed by atoms with van der Waals surface area (Å²) in [5.74, 6) is -0.849. The molecule has 10 heteroatoms. The van der Waals surface area contributed by atoms with Crippen molar-refractivity contribution in [3.63, 3.8) is 0 Å². The van der Waals surface area contributed by atoms with Crippen molar-refractivity contribution in [3.05, 3.63) is 57.7 Å². The average molecular weight is 484 g/mol. The molecule has 1 fully saturated rings. The topological polar surface area (TPSA) is 94.7 Å². The van der Waals surface area contributed by atoms with Gasteiger partial charge in [-0.25, -0.2) is 4.79 Å². The van der Waals surface area contributed by atoms with E-state index in [4.69, 9.17) is 33.0 Å². The van der Waals surface area contributed by atoms with Crippen LogP contribution in [0, 0.1) is 0 Å². The summed E-state index contributed by atoms with van der Waals surface area (Å²) < 4.78 is 5.78. The van der Waals surface area contributed by atoms with E-state index in [0.29, 0.717) is 35.4 Å². The van der Waals surface area contributed by atoms with Crippen LogP contribution in [0.25, 0.3) is 6.08 Å². The zero-order valence-electron chi connectivity index (χ0n) is 16.6. The number of carboxylic acids is 1. The second-order valence-electron chi connectivity index (χ2n) is 7.02. The number of hydrogen-bond donors (Lipinski definition) is 3. The predicted octanol–water partition coefficient (Wildman–Crippen LogP) is 3.53. The van der Waals surface area contributed by atoms with Crippen LogP contribution in [0.4, 0.5) is 0 Å². The highest BCUT2D eigenvalue weighted by atomic mass is 35.5. The fraction of sp³-hybridized carbons (Fsp3) is 0.333. The Hall–Kier alpha value is -1.97. The smallest absolute Gasteiger partial charge is 0.328 e. The third kappa shape index (κ3) is 7.90. The number of aromatic nitrogens is 1. The molecule has 0 saturated carbocycles. The number of morpholine rings is 1. The first-order chi connectivity index (χ1) is 14.9. The number of H-pyrrole nitrogens is 1. The van der Waals surface area contributed by atoms with Gasteiger partial charge in [0.2, 0.25) is 5.91 Å². The molecule has 0 radical (unpaired) electrons. The zero-order chi connectivity index (χ0) is 22.2. The van der Waals surface area contributed by atoms with E-state index >= 15 is 0 Å². The van der Waals surface area contributed by atoms with Crippen molar-refractivity contribution >= 4 is 52.9 Å². The summed E-state index contributed by atoms with van der Waals surface area (Å²) >= 11 is 13.4. The number of rotatable bonds is 9. The lowest BCUT2D eigenvalue weighted by Crippen LogP contribution is -2.47. The molecular formula is C21H23Cl2N3O4S. The zero-order valence-corrected chi connectivity index (χ0v) is 19.0. The van der Waals surface area contributed by atoms with E-state index in [9.17, 15) is 9.59 Å². The lowest BCUT2D eigenvalue weighted by Gasteiger charge is -2.33. The highest BCUT2D eigenvalue weighted by Crippen LogP contribution is 2.23. The number of carboxylic acid groups (broad SMARTS) is 1. The molecule has 1 amide bonds. The van der Waals surface area contributed by atoms with Gasteiger partial charge in [-0.15, -0.1) is 0 Å². The molecule has 1 aliphatic heterocycles. The number of amides is 1. The van der Waals surface area contributed by atoms with E-state index < -0.39 is 5.97 Å². The van der Waals surface area contributed by atoms with Gasteiger partial charge in [-0.3, -0.25) is 9.69 Å². The Bertz CT molecular complexity index is 950. The Balaban J connectivity index is 1.39. The number of nitrogens with one attached hydrogen (secondary N) is 2. The van der Waals surface area contributed by atoms with Crippen LogP contribution in [0.1, 0.15) is 11.3 Å². The van der Waals surface area contributed by atoms with Gasteiger partial charge in [-0.2, -0.15) is 0 Å². The van der Waals surface area contributed by atoms with Gasteiger partial charge in [0.25, 0.3) is 0 Å². The van der Waals surface area contributed by atoms with Crippen LogP contribution in [0.2, 0.25) is 10.0 Å². The number of thioether (sulfide) groups is 1. The Kier molecular flexibility index (Phi) is 8.86. The second kappa shape index (κ2) is 11.6. The minimum absolute atomic E-state index is 0.0799. The lowest BCUT2D eigenvalue weighted by atomic mass is 10.2. The first-order valence-electron chi connectivity index (χ1n) is 9.66. The summed E-state index contributed by atoms with van der Waals surface area (Å²) in [4.78, 5) is 28.1. The van der Waals surface area contributed by atoms with Crippen molar-refractivity contribution in [2.75, 3.05) is 32.0 Å². The molecule has 2 heterocycles. The lowest BCUT2D eigenvalue weighted by molar-refractivity contribution is -0.131. The van der Waals surface area contributed by atoms with E-state index in [0.717, 1.165) is 29.8 Å². The molecule has 3 N–H and O–H groups in total. The van der Waals surface area contributed by atoms with Gasteiger partial charge in [-0.1, -0.05) is 41.0 Å². The van der Waals surface area contributed by atoms with Crippen molar-refractivity contribution in [2.24, 2.45) is 0 Å². The van der Waals surface area contributed by atoms with Gasteiger partial charge < -0.3 is 20.1 Å². The summed E-state index contributed by atoms with van der Waals surface area (Å²) in [6.07, 6.45) is 2.45. The fourth-order valence-corrected chi connectivity index (χ4v) is 4.16. The second-order valence-corrected chi connectivity index (χ2v) is 8.85. The summed E-state index contributed by atoms with van der Waals surface area (Å²) in [5.41, 5.74) is 1.75. The van der Waals surface area contributed by atoms with E-state index in [1.807, 2.05) is 18.2 Å². The average Bonchev–Trinajstić information content (AvgIpc) is 3.20. The summed E-state index contributed by atoms with van der Waals surface area (Å²) in [6.45, 7) is 3.31. The largest absolute Gasteiger partial charge is 0.478 e. The van der Waals surface area contributed by atoms with E-state index in [1.54, 1.807) is 12.1 Å². The Labute approximate surface area is 194 Å². The monoisotopic (exact) mass is 483 g/mol. The number of aliphatic carboxylic acids is 1. The van der Waals surface area contributed by atoms with E-state index in [-0.39, 0.29) is 17.8 Å². The molecule has 0 bridgehead atoms. The Morgan fingerprint density at radius 1 is 1.29 bits per heavy atom. The normalized spacial score (nSPS) is 17.2. The first-order valence-corrected chi connectivity index (χ1v) is 11.4. The van der Waals surface area contributed by atoms with Crippen molar-refractivity contribution in [3.8, 4) is 0 Å². The standard InChI is InChI=1S/C21H23Cl2N3O4S/c22-17-4-1-14(9-18(17)23)11-26-7-8-30-16(12-26)10-24-19(27)13-31-20-5-2-15(25-20)3-6-21(28)29/h1-6,9,16,25H,7-8,10-13H2,(H,24,27)(H,28,29)/b6-3+. The van der Waals surface area contributed by atoms with E-state index in [1.165, 1.54) is 17.8 Å². The molecule has 1 unspecified atom stereocenters. The third-order valence-electron chi connectivity index (χ3n) is 4.59. The number of benzene rings is 1. The van der Waals surface area contributed by atoms with Gasteiger partial charge in [0.15, 0.2) is 0 Å².